The van der Waals surface area contributed by atoms with Gasteiger partial charge in [0.1, 0.15) is 0 Å². The summed E-state index contributed by atoms with van der Waals surface area (Å²) in [6.45, 7) is 10.4. The third-order valence-electron chi connectivity index (χ3n) is 4.74. The van der Waals surface area contributed by atoms with E-state index in [0.29, 0.717) is 19.8 Å². The molecule has 2 rings (SSSR count). The summed E-state index contributed by atoms with van der Waals surface area (Å²) in [7, 11) is 0. The third-order valence-corrected chi connectivity index (χ3v) is 4.74. The van der Waals surface area contributed by atoms with Crippen molar-refractivity contribution < 1.29 is 9.53 Å². The molecule has 1 fully saturated rings. The zero-order valence-electron chi connectivity index (χ0n) is 14.8. The van der Waals surface area contributed by atoms with Crippen molar-refractivity contribution in [2.24, 2.45) is 5.41 Å². The molecule has 23 heavy (non-hydrogen) atoms. The maximum atomic E-state index is 12.5. The Morgan fingerprint density at radius 3 is 2.48 bits per heavy atom. The van der Waals surface area contributed by atoms with Gasteiger partial charge in [-0.25, -0.2) is 0 Å². The largest absolute Gasteiger partial charge is 0.381 e. The lowest BCUT2D eigenvalue weighted by molar-refractivity contribution is -0.135. The number of nitrogens with one attached hydrogen (secondary N) is 2. The molecule has 0 aliphatic carbocycles. The average molecular weight is 318 g/mol. The Labute approximate surface area is 140 Å². The van der Waals surface area contributed by atoms with Gasteiger partial charge in [0.25, 0.3) is 0 Å². The lowest BCUT2D eigenvalue weighted by Gasteiger charge is -2.35. The standard InChI is InChI=1S/C19H30N2O2/c1-15(16-8-6-5-7-9-16)21-18(2,3)14-20-17(22)19(4)10-12-23-13-11-19/h5-9,15,21H,10-14H2,1-4H3,(H,20,22). The predicted octanol–water partition coefficient (Wildman–Crippen LogP) is 3.05. The van der Waals surface area contributed by atoms with E-state index in [-0.39, 0.29) is 22.9 Å². The molecule has 1 atom stereocenters. The fourth-order valence-electron chi connectivity index (χ4n) is 3.03. The first-order valence-electron chi connectivity index (χ1n) is 8.51. The minimum Gasteiger partial charge on any atom is -0.381 e. The van der Waals surface area contributed by atoms with Crippen molar-refractivity contribution in [3.05, 3.63) is 35.9 Å². The van der Waals surface area contributed by atoms with Crippen LogP contribution < -0.4 is 10.6 Å². The number of ether oxygens (including phenoxy) is 1. The average Bonchev–Trinajstić information content (AvgIpc) is 2.54. The fraction of sp³-hybridized carbons (Fsp3) is 0.632. The number of hydrogen-bond acceptors (Lipinski definition) is 3. The van der Waals surface area contributed by atoms with Crippen molar-refractivity contribution in [3.63, 3.8) is 0 Å². The van der Waals surface area contributed by atoms with E-state index in [9.17, 15) is 4.79 Å². The predicted molar refractivity (Wildman–Crippen MR) is 93.2 cm³/mol. The Balaban J connectivity index is 1.87. The smallest absolute Gasteiger partial charge is 0.226 e. The summed E-state index contributed by atoms with van der Waals surface area (Å²) < 4.78 is 5.37. The first-order valence-corrected chi connectivity index (χ1v) is 8.51. The Kier molecular flexibility index (Phi) is 5.82. The maximum absolute atomic E-state index is 12.5. The molecular weight excluding hydrogens is 288 g/mol. The Hall–Kier alpha value is -1.39. The highest BCUT2D eigenvalue weighted by Gasteiger charge is 2.35. The Morgan fingerprint density at radius 1 is 1.26 bits per heavy atom. The van der Waals surface area contributed by atoms with Gasteiger partial charge in [0.05, 0.1) is 5.41 Å². The summed E-state index contributed by atoms with van der Waals surface area (Å²) in [4.78, 5) is 12.5. The SMILES string of the molecule is CC(NC(C)(C)CNC(=O)C1(C)CCOCC1)c1ccccc1. The van der Waals surface area contributed by atoms with E-state index in [2.05, 4.69) is 43.5 Å². The van der Waals surface area contributed by atoms with Gasteiger partial charge >= 0.3 is 0 Å². The zero-order chi connectivity index (χ0) is 16.9. The number of carbonyl (C=O) groups is 1. The maximum Gasteiger partial charge on any atom is 0.226 e. The van der Waals surface area contributed by atoms with Gasteiger partial charge in [-0.1, -0.05) is 37.3 Å². The summed E-state index contributed by atoms with van der Waals surface area (Å²) >= 11 is 0. The van der Waals surface area contributed by atoms with Gasteiger partial charge in [-0.15, -0.1) is 0 Å². The molecule has 128 valence electrons. The van der Waals surface area contributed by atoms with Crippen LogP contribution in [0.2, 0.25) is 0 Å². The first-order chi connectivity index (χ1) is 10.8. The van der Waals surface area contributed by atoms with Crippen molar-refractivity contribution in [2.45, 2.75) is 52.1 Å². The van der Waals surface area contributed by atoms with E-state index in [1.54, 1.807) is 0 Å². The number of amides is 1. The van der Waals surface area contributed by atoms with E-state index < -0.39 is 0 Å². The molecule has 1 saturated heterocycles. The van der Waals surface area contributed by atoms with E-state index in [1.807, 2.05) is 25.1 Å². The van der Waals surface area contributed by atoms with Crippen molar-refractivity contribution in [3.8, 4) is 0 Å². The number of benzene rings is 1. The molecule has 1 unspecified atom stereocenters. The molecule has 0 bridgehead atoms. The van der Waals surface area contributed by atoms with Crippen LogP contribution in [0, 0.1) is 5.41 Å². The van der Waals surface area contributed by atoms with E-state index in [1.165, 1.54) is 5.56 Å². The highest BCUT2D eigenvalue weighted by atomic mass is 16.5. The number of rotatable bonds is 6. The minimum atomic E-state index is -0.292. The van der Waals surface area contributed by atoms with Gasteiger partial charge in [-0.3, -0.25) is 4.79 Å². The van der Waals surface area contributed by atoms with Crippen LogP contribution in [0.25, 0.3) is 0 Å². The lowest BCUT2D eigenvalue weighted by Crippen LogP contribution is -2.52. The van der Waals surface area contributed by atoms with Crippen LogP contribution >= 0.6 is 0 Å². The molecule has 1 aliphatic rings. The molecule has 2 N–H and O–H groups in total. The van der Waals surface area contributed by atoms with Crippen LogP contribution in [0.15, 0.2) is 30.3 Å². The van der Waals surface area contributed by atoms with Crippen LogP contribution in [-0.2, 0) is 9.53 Å². The van der Waals surface area contributed by atoms with Gasteiger partial charge in [0.2, 0.25) is 5.91 Å². The molecule has 0 radical (unpaired) electrons. The topological polar surface area (TPSA) is 50.4 Å². The quantitative estimate of drug-likeness (QED) is 0.847. The van der Waals surface area contributed by atoms with Crippen LogP contribution in [0.4, 0.5) is 0 Å². The van der Waals surface area contributed by atoms with Gasteiger partial charge in [0, 0.05) is 31.3 Å². The van der Waals surface area contributed by atoms with Crippen LogP contribution in [0.5, 0.6) is 0 Å². The van der Waals surface area contributed by atoms with E-state index in [4.69, 9.17) is 4.74 Å². The highest BCUT2D eigenvalue weighted by Crippen LogP contribution is 2.30. The Bertz CT molecular complexity index is 507. The summed E-state index contributed by atoms with van der Waals surface area (Å²) in [5.74, 6) is 0.142. The molecule has 1 aromatic rings. The molecule has 4 heteroatoms. The second-order valence-electron chi connectivity index (χ2n) is 7.52. The van der Waals surface area contributed by atoms with Crippen LogP contribution in [0.1, 0.15) is 52.1 Å². The van der Waals surface area contributed by atoms with Crippen LogP contribution in [-0.4, -0.2) is 31.2 Å². The second-order valence-corrected chi connectivity index (χ2v) is 7.52. The second kappa shape index (κ2) is 7.45. The molecule has 1 aromatic carbocycles. The van der Waals surface area contributed by atoms with Crippen LogP contribution in [0.3, 0.4) is 0 Å². The summed E-state index contributed by atoms with van der Waals surface area (Å²) in [5.41, 5.74) is 0.787. The van der Waals surface area contributed by atoms with Gasteiger partial charge < -0.3 is 15.4 Å². The van der Waals surface area contributed by atoms with Gasteiger partial charge in [-0.05, 0) is 39.2 Å². The minimum absolute atomic E-state index is 0.142. The summed E-state index contributed by atoms with van der Waals surface area (Å²) in [5, 5.41) is 6.74. The number of carbonyl (C=O) groups excluding carboxylic acids is 1. The molecular formula is C19H30N2O2. The van der Waals surface area contributed by atoms with Gasteiger partial charge in [0.15, 0.2) is 0 Å². The molecule has 1 aliphatic heterocycles. The molecule has 0 saturated carbocycles. The fourth-order valence-corrected chi connectivity index (χ4v) is 3.03. The highest BCUT2D eigenvalue weighted by molar-refractivity contribution is 5.82. The summed E-state index contributed by atoms with van der Waals surface area (Å²) in [6, 6.07) is 10.6. The zero-order valence-corrected chi connectivity index (χ0v) is 14.8. The van der Waals surface area contributed by atoms with Crippen molar-refractivity contribution in [2.75, 3.05) is 19.8 Å². The van der Waals surface area contributed by atoms with E-state index in [0.717, 1.165) is 12.8 Å². The summed E-state index contributed by atoms with van der Waals surface area (Å²) in [6.07, 6.45) is 1.60. The van der Waals surface area contributed by atoms with Crippen molar-refractivity contribution in [1.82, 2.24) is 10.6 Å². The molecule has 1 amide bonds. The molecule has 4 nitrogen and oxygen atoms in total. The molecule has 0 aromatic heterocycles. The first kappa shape index (κ1) is 18.0. The molecule has 0 spiro atoms. The van der Waals surface area contributed by atoms with Crippen molar-refractivity contribution in [1.29, 1.82) is 0 Å². The lowest BCUT2D eigenvalue weighted by atomic mass is 9.81. The van der Waals surface area contributed by atoms with Crippen molar-refractivity contribution >= 4 is 5.91 Å². The molecule has 1 heterocycles. The number of hydrogen-bond donors (Lipinski definition) is 2. The monoisotopic (exact) mass is 318 g/mol. The normalized spacial score (nSPS) is 19.1. The van der Waals surface area contributed by atoms with Gasteiger partial charge in [-0.2, -0.15) is 0 Å². The third kappa shape index (κ3) is 5.05. The Morgan fingerprint density at radius 2 is 1.87 bits per heavy atom. The van der Waals surface area contributed by atoms with E-state index >= 15 is 0 Å².